The van der Waals surface area contributed by atoms with Crippen LogP contribution >= 0.6 is 0 Å². The number of halogens is 1. The lowest BCUT2D eigenvalue weighted by molar-refractivity contribution is -0.151. The number of nitrogens with zero attached hydrogens (tertiary/aromatic N) is 1. The third-order valence-corrected chi connectivity index (χ3v) is 11.6. The molecular weight excluding hydrogens is 473 g/mol. The molecule has 3 fully saturated rings. The minimum atomic E-state index is -0.230. The van der Waals surface area contributed by atoms with Crippen LogP contribution < -0.4 is 0 Å². The van der Waals surface area contributed by atoms with E-state index in [1.807, 2.05) is 0 Å². The first-order chi connectivity index (χ1) is 18.1. The van der Waals surface area contributed by atoms with Crippen molar-refractivity contribution in [3.8, 4) is 0 Å². The Morgan fingerprint density at radius 1 is 1.11 bits per heavy atom. The summed E-state index contributed by atoms with van der Waals surface area (Å²) in [6, 6.07) is 0. The fourth-order valence-corrected chi connectivity index (χ4v) is 9.54. The van der Waals surface area contributed by atoms with E-state index in [1.165, 1.54) is 51.4 Å². The zero-order chi connectivity index (χ0) is 27.5. The van der Waals surface area contributed by atoms with E-state index >= 15 is 0 Å². The SMILES string of the molecule is CC=N/C(=C\F)CCC(=O)OC1CCC2(C)C(=CCC3C2CCC2(C)C(C(C)CCCC(C)C)CCC32)C1. The molecule has 0 saturated heterocycles. The molecule has 0 aromatic carbocycles. The van der Waals surface area contributed by atoms with Crippen LogP contribution in [-0.4, -0.2) is 18.3 Å². The van der Waals surface area contributed by atoms with Gasteiger partial charge in [0.1, 0.15) is 12.4 Å². The van der Waals surface area contributed by atoms with Crippen LogP contribution in [0.25, 0.3) is 0 Å². The van der Waals surface area contributed by atoms with Crippen molar-refractivity contribution in [3.05, 3.63) is 23.7 Å². The van der Waals surface area contributed by atoms with Gasteiger partial charge in [0.25, 0.3) is 0 Å². The van der Waals surface area contributed by atoms with Gasteiger partial charge in [0.05, 0.1) is 12.1 Å². The van der Waals surface area contributed by atoms with Gasteiger partial charge in [-0.25, -0.2) is 4.39 Å². The summed E-state index contributed by atoms with van der Waals surface area (Å²) in [5.41, 5.74) is 2.61. The number of carbonyl (C=O) groups is 1. The number of hydrogen-bond acceptors (Lipinski definition) is 3. The fourth-order valence-electron chi connectivity index (χ4n) is 9.54. The molecule has 0 N–H and O–H groups in total. The molecule has 214 valence electrons. The van der Waals surface area contributed by atoms with Crippen LogP contribution in [0.3, 0.4) is 0 Å². The second kappa shape index (κ2) is 12.4. The number of carbonyl (C=O) groups excluding carboxylic acids is 1. The van der Waals surface area contributed by atoms with Crippen molar-refractivity contribution in [2.45, 2.75) is 131 Å². The summed E-state index contributed by atoms with van der Waals surface area (Å²) in [7, 11) is 0. The Balaban J connectivity index is 1.37. The van der Waals surface area contributed by atoms with E-state index in [1.54, 1.807) is 18.7 Å². The van der Waals surface area contributed by atoms with Gasteiger partial charge in [-0.1, -0.05) is 65.5 Å². The van der Waals surface area contributed by atoms with E-state index < -0.39 is 0 Å². The van der Waals surface area contributed by atoms with Crippen molar-refractivity contribution in [2.75, 3.05) is 0 Å². The van der Waals surface area contributed by atoms with Crippen molar-refractivity contribution in [1.82, 2.24) is 0 Å². The van der Waals surface area contributed by atoms with Crippen molar-refractivity contribution >= 4 is 12.2 Å². The van der Waals surface area contributed by atoms with Gasteiger partial charge in [0, 0.05) is 19.1 Å². The number of fused-ring (bicyclic) bond motifs is 5. The largest absolute Gasteiger partial charge is 0.462 e. The topological polar surface area (TPSA) is 38.7 Å². The molecule has 0 amide bonds. The van der Waals surface area contributed by atoms with Crippen LogP contribution in [-0.2, 0) is 9.53 Å². The number of esters is 1. The highest BCUT2D eigenvalue weighted by molar-refractivity contribution is 5.70. The van der Waals surface area contributed by atoms with E-state index in [9.17, 15) is 9.18 Å². The Kier molecular flexibility index (Phi) is 9.62. The Bertz CT molecular complexity index is 921. The molecule has 3 nitrogen and oxygen atoms in total. The summed E-state index contributed by atoms with van der Waals surface area (Å²) in [4.78, 5) is 16.5. The number of rotatable bonds is 10. The minimum Gasteiger partial charge on any atom is -0.462 e. The lowest BCUT2D eigenvalue weighted by Gasteiger charge is -2.58. The Labute approximate surface area is 232 Å². The molecule has 0 heterocycles. The molecule has 4 aliphatic carbocycles. The van der Waals surface area contributed by atoms with Gasteiger partial charge >= 0.3 is 5.97 Å². The number of ether oxygens (including phenoxy) is 1. The maximum absolute atomic E-state index is 12.9. The predicted molar refractivity (Wildman–Crippen MR) is 156 cm³/mol. The van der Waals surface area contributed by atoms with Gasteiger partial charge in [-0.05, 0) is 98.2 Å². The number of allylic oxidation sites excluding steroid dienone is 2. The van der Waals surface area contributed by atoms with Crippen molar-refractivity contribution in [3.63, 3.8) is 0 Å². The van der Waals surface area contributed by atoms with Crippen LogP contribution in [0.5, 0.6) is 0 Å². The van der Waals surface area contributed by atoms with Crippen molar-refractivity contribution in [1.29, 1.82) is 0 Å². The first kappa shape index (κ1) is 29.5. The lowest BCUT2D eigenvalue weighted by atomic mass is 9.47. The van der Waals surface area contributed by atoms with Gasteiger partial charge in [-0.3, -0.25) is 9.79 Å². The van der Waals surface area contributed by atoms with Crippen LogP contribution in [0.2, 0.25) is 0 Å². The summed E-state index contributed by atoms with van der Waals surface area (Å²) in [6.45, 7) is 14.2. The molecule has 38 heavy (non-hydrogen) atoms. The summed E-state index contributed by atoms with van der Waals surface area (Å²) >= 11 is 0. The van der Waals surface area contributed by atoms with E-state index in [0.29, 0.717) is 17.4 Å². The highest BCUT2D eigenvalue weighted by Gasteiger charge is 2.59. The summed E-state index contributed by atoms with van der Waals surface area (Å²) in [5.74, 6) is 4.79. The normalized spacial score (nSPS) is 37.9. The molecule has 4 rings (SSSR count). The van der Waals surface area contributed by atoms with Crippen LogP contribution in [0.4, 0.5) is 4.39 Å². The molecule has 0 spiro atoms. The van der Waals surface area contributed by atoms with Gasteiger partial charge < -0.3 is 4.74 Å². The average Bonchev–Trinajstić information content (AvgIpc) is 3.23. The standard InChI is InChI=1S/C34H54FNO2/c1-7-36-26(22-35)12-16-32(37)38-27-17-19-33(5)25(21-27)11-13-28-30-15-14-29(24(4)10-8-9-23(2)3)34(30,6)20-18-31(28)33/h7,11,22-24,27-31H,8-10,12-21H2,1-6H3/b26-22-,36-7?. The van der Waals surface area contributed by atoms with E-state index in [0.717, 1.165) is 54.8 Å². The number of aliphatic imine (C=N–C) groups is 1. The molecule has 0 aliphatic heterocycles. The van der Waals surface area contributed by atoms with Crippen LogP contribution in [0, 0.1) is 46.3 Å². The van der Waals surface area contributed by atoms with Gasteiger partial charge in [0.15, 0.2) is 0 Å². The second-order valence-electron chi connectivity index (χ2n) is 14.1. The Morgan fingerprint density at radius 3 is 2.61 bits per heavy atom. The molecule has 0 aromatic heterocycles. The lowest BCUT2D eigenvalue weighted by Crippen LogP contribution is -2.51. The highest BCUT2D eigenvalue weighted by Crippen LogP contribution is 2.67. The molecule has 0 aromatic rings. The van der Waals surface area contributed by atoms with Gasteiger partial charge in [-0.15, -0.1) is 0 Å². The molecule has 8 unspecified atom stereocenters. The summed E-state index contributed by atoms with van der Waals surface area (Å²) in [6.07, 6.45) is 18.9. The predicted octanol–water partition coefficient (Wildman–Crippen LogP) is 9.62. The second-order valence-corrected chi connectivity index (χ2v) is 14.1. The van der Waals surface area contributed by atoms with E-state index in [-0.39, 0.29) is 30.3 Å². The average molecular weight is 528 g/mol. The molecular formula is C34H54FNO2. The summed E-state index contributed by atoms with van der Waals surface area (Å²) < 4.78 is 18.8. The molecule has 8 atom stereocenters. The fraction of sp³-hybridized carbons (Fsp3) is 0.824. The minimum absolute atomic E-state index is 0.0396. The first-order valence-electron chi connectivity index (χ1n) is 15.8. The molecule has 4 aliphatic rings. The van der Waals surface area contributed by atoms with Gasteiger partial charge in [0.2, 0.25) is 0 Å². The van der Waals surface area contributed by atoms with Crippen LogP contribution in [0.1, 0.15) is 125 Å². The maximum Gasteiger partial charge on any atom is 0.306 e. The molecule has 4 heteroatoms. The smallest absolute Gasteiger partial charge is 0.306 e. The van der Waals surface area contributed by atoms with Crippen LogP contribution in [0.15, 0.2) is 28.7 Å². The highest BCUT2D eigenvalue weighted by atomic mass is 19.1. The zero-order valence-electron chi connectivity index (χ0n) is 25.1. The summed E-state index contributed by atoms with van der Waals surface area (Å²) in [5, 5.41) is 0. The zero-order valence-corrected chi connectivity index (χ0v) is 25.1. The van der Waals surface area contributed by atoms with Gasteiger partial charge in [-0.2, -0.15) is 0 Å². The van der Waals surface area contributed by atoms with E-state index in [4.69, 9.17) is 4.74 Å². The maximum atomic E-state index is 12.9. The molecule has 0 bridgehead atoms. The Hall–Kier alpha value is -1.45. The molecule has 3 saturated carbocycles. The third kappa shape index (κ3) is 5.99. The monoisotopic (exact) mass is 527 g/mol. The third-order valence-electron chi connectivity index (χ3n) is 11.6. The number of hydrogen-bond donors (Lipinski definition) is 0. The Morgan fingerprint density at radius 2 is 1.89 bits per heavy atom. The molecule has 0 radical (unpaired) electrons. The van der Waals surface area contributed by atoms with Crippen molar-refractivity contribution in [2.24, 2.45) is 51.3 Å². The first-order valence-corrected chi connectivity index (χ1v) is 15.8. The van der Waals surface area contributed by atoms with Crippen molar-refractivity contribution < 1.29 is 13.9 Å². The quantitative estimate of drug-likeness (QED) is 0.161. The van der Waals surface area contributed by atoms with E-state index in [2.05, 4.69) is 45.7 Å².